The van der Waals surface area contributed by atoms with E-state index in [0.717, 1.165) is 43.2 Å². The number of anilines is 1. The third-order valence-corrected chi connectivity index (χ3v) is 3.11. The molecule has 0 radical (unpaired) electrons. The van der Waals surface area contributed by atoms with Crippen LogP contribution in [0.15, 0.2) is 5.38 Å². The van der Waals surface area contributed by atoms with Gasteiger partial charge in [0.05, 0.1) is 19.2 Å². The first-order valence-electron chi connectivity index (χ1n) is 5.71. The van der Waals surface area contributed by atoms with Crippen LogP contribution in [-0.4, -0.2) is 31.2 Å². The maximum absolute atomic E-state index is 11.0. The third kappa shape index (κ3) is 5.65. The number of carbonyl (C=O) groups is 1. The highest BCUT2D eigenvalue weighted by Gasteiger charge is 2.06. The molecule has 96 valence electrons. The summed E-state index contributed by atoms with van der Waals surface area (Å²) in [4.78, 5) is 15.3. The number of ether oxygens (including phenoxy) is 1. The molecule has 0 unspecified atom stereocenters. The van der Waals surface area contributed by atoms with E-state index in [-0.39, 0.29) is 12.4 Å². The molecule has 0 aliphatic heterocycles. The zero-order valence-electron chi connectivity index (χ0n) is 10.1. The van der Waals surface area contributed by atoms with Gasteiger partial charge in [0, 0.05) is 11.9 Å². The minimum Gasteiger partial charge on any atom is -0.469 e. The van der Waals surface area contributed by atoms with Gasteiger partial charge in [-0.2, -0.15) is 0 Å². The molecule has 1 heterocycles. The third-order valence-electron chi connectivity index (χ3n) is 2.26. The topological polar surface area (TPSA) is 77.2 Å². The average Bonchev–Trinajstić information content (AvgIpc) is 2.76. The van der Waals surface area contributed by atoms with Crippen LogP contribution in [0, 0.1) is 0 Å². The maximum Gasteiger partial charge on any atom is 0.311 e. The predicted molar refractivity (Wildman–Crippen MR) is 69.2 cm³/mol. The van der Waals surface area contributed by atoms with Crippen molar-refractivity contribution < 1.29 is 9.53 Å². The van der Waals surface area contributed by atoms with Gasteiger partial charge in [-0.05, 0) is 19.4 Å². The summed E-state index contributed by atoms with van der Waals surface area (Å²) in [5, 5.41) is 5.96. The van der Waals surface area contributed by atoms with E-state index in [4.69, 9.17) is 5.73 Å². The van der Waals surface area contributed by atoms with E-state index in [1.165, 1.54) is 18.4 Å². The number of methoxy groups -OCH3 is 1. The second-order valence-electron chi connectivity index (χ2n) is 3.67. The summed E-state index contributed by atoms with van der Waals surface area (Å²) in [5.74, 6) is -0.259. The van der Waals surface area contributed by atoms with Crippen LogP contribution in [0.5, 0.6) is 0 Å². The first-order valence-corrected chi connectivity index (χ1v) is 6.59. The van der Waals surface area contributed by atoms with Crippen LogP contribution in [0.1, 0.15) is 25.0 Å². The van der Waals surface area contributed by atoms with Crippen molar-refractivity contribution in [3.8, 4) is 0 Å². The molecule has 1 aromatic rings. The van der Waals surface area contributed by atoms with Gasteiger partial charge in [-0.15, -0.1) is 11.3 Å². The fourth-order valence-electron chi connectivity index (χ4n) is 1.33. The highest BCUT2D eigenvalue weighted by molar-refractivity contribution is 7.13. The van der Waals surface area contributed by atoms with E-state index in [9.17, 15) is 4.79 Å². The van der Waals surface area contributed by atoms with Crippen LogP contribution in [0.2, 0.25) is 0 Å². The van der Waals surface area contributed by atoms with Crippen LogP contribution in [0.25, 0.3) is 0 Å². The molecule has 0 atom stereocenters. The number of thiazole rings is 1. The number of nitrogens with one attached hydrogen (secondary N) is 1. The number of hydrogen-bond acceptors (Lipinski definition) is 6. The van der Waals surface area contributed by atoms with E-state index < -0.39 is 0 Å². The van der Waals surface area contributed by atoms with Crippen molar-refractivity contribution in [1.29, 1.82) is 0 Å². The lowest BCUT2D eigenvalue weighted by molar-refractivity contribution is -0.139. The van der Waals surface area contributed by atoms with Gasteiger partial charge in [0.1, 0.15) is 0 Å². The summed E-state index contributed by atoms with van der Waals surface area (Å²) in [6, 6.07) is 0. The predicted octanol–water partition coefficient (Wildman–Crippen LogP) is 1.40. The molecule has 17 heavy (non-hydrogen) atoms. The van der Waals surface area contributed by atoms with E-state index >= 15 is 0 Å². The molecule has 0 spiro atoms. The summed E-state index contributed by atoms with van der Waals surface area (Å²) >= 11 is 1.51. The quantitative estimate of drug-likeness (QED) is 0.544. The Labute approximate surface area is 105 Å². The Bertz CT molecular complexity index is 341. The van der Waals surface area contributed by atoms with Crippen molar-refractivity contribution in [2.24, 2.45) is 5.73 Å². The Kier molecular flexibility index (Phi) is 6.57. The number of esters is 1. The van der Waals surface area contributed by atoms with E-state index in [1.54, 1.807) is 0 Å². The molecule has 3 N–H and O–H groups in total. The largest absolute Gasteiger partial charge is 0.469 e. The second-order valence-corrected chi connectivity index (χ2v) is 4.53. The van der Waals surface area contributed by atoms with Crippen LogP contribution in [-0.2, 0) is 16.0 Å². The second kappa shape index (κ2) is 8.03. The molecule has 0 aliphatic rings. The van der Waals surface area contributed by atoms with Crippen LogP contribution in [0.3, 0.4) is 0 Å². The van der Waals surface area contributed by atoms with Gasteiger partial charge in [0.15, 0.2) is 5.13 Å². The van der Waals surface area contributed by atoms with Gasteiger partial charge in [0.25, 0.3) is 0 Å². The zero-order chi connectivity index (χ0) is 12.5. The normalized spacial score (nSPS) is 10.2. The summed E-state index contributed by atoms with van der Waals surface area (Å²) in [5.41, 5.74) is 6.17. The lowest BCUT2D eigenvalue weighted by Crippen LogP contribution is -2.06. The Morgan fingerprint density at radius 1 is 1.53 bits per heavy atom. The highest BCUT2D eigenvalue weighted by atomic mass is 32.1. The van der Waals surface area contributed by atoms with Crippen molar-refractivity contribution >= 4 is 22.4 Å². The standard InChI is InChI=1S/C11H19N3O2S/c1-16-10(15)7-9-8-17-11(14-9)13-6-4-2-3-5-12/h8H,2-7,12H2,1H3,(H,13,14). The Balaban J connectivity index is 2.23. The maximum atomic E-state index is 11.0. The molecule has 0 saturated heterocycles. The molecule has 1 rings (SSSR count). The monoisotopic (exact) mass is 257 g/mol. The van der Waals surface area contributed by atoms with Crippen molar-refractivity contribution in [3.63, 3.8) is 0 Å². The molecular formula is C11H19N3O2S. The Morgan fingerprint density at radius 3 is 3.06 bits per heavy atom. The molecule has 0 aliphatic carbocycles. The number of hydrogen-bond donors (Lipinski definition) is 2. The lowest BCUT2D eigenvalue weighted by atomic mass is 10.2. The van der Waals surface area contributed by atoms with Gasteiger partial charge in [-0.1, -0.05) is 6.42 Å². The van der Waals surface area contributed by atoms with Gasteiger partial charge in [-0.3, -0.25) is 4.79 Å². The zero-order valence-corrected chi connectivity index (χ0v) is 10.9. The van der Waals surface area contributed by atoms with Crippen molar-refractivity contribution in [2.45, 2.75) is 25.7 Å². The molecule has 0 amide bonds. The molecular weight excluding hydrogens is 238 g/mol. The van der Waals surface area contributed by atoms with Crippen LogP contribution < -0.4 is 11.1 Å². The lowest BCUT2D eigenvalue weighted by Gasteiger charge is -2.01. The molecule has 1 aromatic heterocycles. The van der Waals surface area contributed by atoms with Gasteiger partial charge in [0.2, 0.25) is 0 Å². The average molecular weight is 257 g/mol. The molecule has 0 aromatic carbocycles. The smallest absolute Gasteiger partial charge is 0.311 e. The number of nitrogens with two attached hydrogens (primary N) is 1. The summed E-state index contributed by atoms with van der Waals surface area (Å²) in [6.07, 6.45) is 3.52. The van der Waals surface area contributed by atoms with Gasteiger partial charge in [-0.25, -0.2) is 4.98 Å². The van der Waals surface area contributed by atoms with Crippen molar-refractivity contribution in [3.05, 3.63) is 11.1 Å². The first kappa shape index (κ1) is 13.9. The van der Waals surface area contributed by atoms with Crippen LogP contribution in [0.4, 0.5) is 5.13 Å². The van der Waals surface area contributed by atoms with E-state index in [1.807, 2.05) is 5.38 Å². The van der Waals surface area contributed by atoms with Crippen molar-refractivity contribution in [2.75, 3.05) is 25.5 Å². The molecule has 0 saturated carbocycles. The summed E-state index contributed by atoms with van der Waals surface area (Å²) < 4.78 is 4.58. The van der Waals surface area contributed by atoms with E-state index in [2.05, 4.69) is 15.0 Å². The number of aromatic nitrogens is 1. The molecule has 0 bridgehead atoms. The Hall–Kier alpha value is -1.14. The highest BCUT2D eigenvalue weighted by Crippen LogP contribution is 2.16. The minimum atomic E-state index is -0.259. The van der Waals surface area contributed by atoms with Crippen molar-refractivity contribution in [1.82, 2.24) is 4.98 Å². The van der Waals surface area contributed by atoms with Crippen LogP contribution >= 0.6 is 11.3 Å². The summed E-state index contributed by atoms with van der Waals surface area (Å²) in [7, 11) is 1.38. The molecule has 6 heteroatoms. The molecule has 5 nitrogen and oxygen atoms in total. The Morgan fingerprint density at radius 2 is 2.35 bits per heavy atom. The molecule has 0 fully saturated rings. The number of nitrogens with zero attached hydrogens (tertiary/aromatic N) is 1. The number of unbranched alkanes of at least 4 members (excludes halogenated alkanes) is 2. The minimum absolute atomic E-state index is 0.238. The van der Waals surface area contributed by atoms with Gasteiger partial charge < -0.3 is 15.8 Å². The van der Waals surface area contributed by atoms with E-state index in [0.29, 0.717) is 0 Å². The SMILES string of the molecule is COC(=O)Cc1csc(NCCCCCN)n1. The fraction of sp³-hybridized carbons (Fsp3) is 0.636. The van der Waals surface area contributed by atoms with Gasteiger partial charge >= 0.3 is 5.97 Å². The first-order chi connectivity index (χ1) is 8.26. The fourth-order valence-corrected chi connectivity index (χ4v) is 2.07. The number of carbonyl (C=O) groups excluding carboxylic acids is 1. The summed E-state index contributed by atoms with van der Waals surface area (Å²) in [6.45, 7) is 1.64. The number of rotatable bonds is 8.